The topological polar surface area (TPSA) is 75.7 Å². The maximum absolute atomic E-state index is 12.9. The Balaban J connectivity index is 1.52. The maximum atomic E-state index is 12.9. The third kappa shape index (κ3) is 4.53. The second kappa shape index (κ2) is 8.30. The number of sulfonamides is 1. The normalized spacial score (nSPS) is 14.0. The molecule has 0 spiro atoms. The van der Waals surface area contributed by atoms with Crippen molar-refractivity contribution in [3.05, 3.63) is 89.5 Å². The van der Waals surface area contributed by atoms with E-state index >= 15 is 0 Å². The molecule has 7 heteroatoms. The van der Waals surface area contributed by atoms with Gasteiger partial charge in [-0.05, 0) is 53.9 Å². The van der Waals surface area contributed by atoms with Gasteiger partial charge in [0.1, 0.15) is 11.5 Å². The molecule has 1 aliphatic rings. The van der Waals surface area contributed by atoms with E-state index in [2.05, 4.69) is 5.32 Å². The minimum Gasteiger partial charge on any atom is -0.457 e. The van der Waals surface area contributed by atoms with Crippen LogP contribution in [0.2, 0.25) is 0 Å². The van der Waals surface area contributed by atoms with Crippen molar-refractivity contribution >= 4 is 21.6 Å². The molecule has 30 heavy (non-hydrogen) atoms. The number of rotatable bonds is 5. The number of hydrogen-bond donors (Lipinski definition) is 1. The first-order valence-corrected chi connectivity index (χ1v) is 11.5. The highest BCUT2D eigenvalue weighted by Crippen LogP contribution is 2.28. The summed E-state index contributed by atoms with van der Waals surface area (Å²) < 4.78 is 31.0. The molecular weight excluding hydrogens is 400 g/mol. The van der Waals surface area contributed by atoms with Crippen LogP contribution in [0.3, 0.4) is 0 Å². The fraction of sp³-hybridized carbons (Fsp3) is 0.174. The molecule has 4 rings (SSSR count). The summed E-state index contributed by atoms with van der Waals surface area (Å²) in [5.74, 6) is 1.03. The van der Waals surface area contributed by atoms with Gasteiger partial charge in [-0.1, -0.05) is 36.4 Å². The summed E-state index contributed by atoms with van der Waals surface area (Å²) in [6, 6.07) is 22.0. The first kappa shape index (κ1) is 20.1. The molecule has 0 saturated carbocycles. The molecule has 0 unspecified atom stereocenters. The fourth-order valence-corrected chi connectivity index (χ4v) is 4.30. The lowest BCUT2D eigenvalue weighted by atomic mass is 9.99. The fourth-order valence-electron chi connectivity index (χ4n) is 3.50. The van der Waals surface area contributed by atoms with Crippen molar-refractivity contribution in [2.24, 2.45) is 0 Å². The van der Waals surface area contributed by atoms with Gasteiger partial charge in [-0.3, -0.25) is 4.79 Å². The van der Waals surface area contributed by atoms with Crippen LogP contribution < -0.4 is 10.1 Å². The van der Waals surface area contributed by atoms with E-state index in [4.69, 9.17) is 4.74 Å². The molecule has 0 saturated heterocycles. The van der Waals surface area contributed by atoms with Gasteiger partial charge >= 0.3 is 0 Å². The van der Waals surface area contributed by atoms with Crippen molar-refractivity contribution in [2.45, 2.75) is 13.0 Å². The van der Waals surface area contributed by atoms with Gasteiger partial charge in [0, 0.05) is 24.3 Å². The molecule has 3 aromatic rings. The molecule has 1 aliphatic heterocycles. The zero-order chi connectivity index (χ0) is 21.1. The zero-order valence-electron chi connectivity index (χ0n) is 16.5. The van der Waals surface area contributed by atoms with Crippen LogP contribution in [-0.4, -0.2) is 31.4 Å². The Kier molecular flexibility index (Phi) is 5.57. The van der Waals surface area contributed by atoms with Crippen LogP contribution in [0.15, 0.2) is 72.8 Å². The number of anilines is 1. The molecule has 0 aromatic heterocycles. The Hall–Kier alpha value is -3.16. The Labute approximate surface area is 176 Å². The molecule has 0 atom stereocenters. The number of carbonyl (C=O) groups excluding carboxylic acids is 1. The molecule has 0 aliphatic carbocycles. The molecule has 3 aromatic carbocycles. The van der Waals surface area contributed by atoms with Crippen LogP contribution in [0.4, 0.5) is 5.69 Å². The number of amides is 1. The summed E-state index contributed by atoms with van der Waals surface area (Å²) in [5.41, 5.74) is 3.07. The molecule has 0 fully saturated rings. The summed E-state index contributed by atoms with van der Waals surface area (Å²) >= 11 is 0. The van der Waals surface area contributed by atoms with Crippen LogP contribution >= 0.6 is 0 Å². The lowest BCUT2D eigenvalue weighted by Crippen LogP contribution is -2.35. The first-order valence-electron chi connectivity index (χ1n) is 9.60. The maximum Gasteiger partial charge on any atom is 0.255 e. The van der Waals surface area contributed by atoms with Gasteiger partial charge in [-0.2, -0.15) is 4.31 Å². The number of fused-ring (bicyclic) bond motifs is 1. The number of benzene rings is 3. The molecule has 1 N–H and O–H groups in total. The van der Waals surface area contributed by atoms with E-state index in [1.807, 2.05) is 48.5 Å². The molecular formula is C23H22N2O4S. The van der Waals surface area contributed by atoms with Crippen LogP contribution in [-0.2, 0) is 23.0 Å². The second-order valence-corrected chi connectivity index (χ2v) is 9.17. The summed E-state index contributed by atoms with van der Waals surface area (Å²) in [6.45, 7) is 0.720. The third-order valence-corrected chi connectivity index (χ3v) is 6.27. The average Bonchev–Trinajstić information content (AvgIpc) is 2.74. The predicted octanol–water partition coefficient (Wildman–Crippen LogP) is 4.05. The Bertz CT molecular complexity index is 1180. The minimum atomic E-state index is -3.25. The van der Waals surface area contributed by atoms with Crippen molar-refractivity contribution in [3.63, 3.8) is 0 Å². The van der Waals surface area contributed by atoms with Crippen molar-refractivity contribution in [1.82, 2.24) is 4.31 Å². The van der Waals surface area contributed by atoms with E-state index in [0.717, 1.165) is 11.1 Å². The summed E-state index contributed by atoms with van der Waals surface area (Å²) in [4.78, 5) is 12.9. The van der Waals surface area contributed by atoms with Gasteiger partial charge in [-0.15, -0.1) is 0 Å². The lowest BCUT2D eigenvalue weighted by molar-refractivity contribution is 0.102. The van der Waals surface area contributed by atoms with Gasteiger partial charge in [0.25, 0.3) is 5.91 Å². The van der Waals surface area contributed by atoms with Crippen LogP contribution in [0.25, 0.3) is 0 Å². The molecule has 6 nitrogen and oxygen atoms in total. The van der Waals surface area contributed by atoms with Gasteiger partial charge in [0.15, 0.2) is 0 Å². The van der Waals surface area contributed by atoms with Gasteiger partial charge < -0.3 is 10.1 Å². The van der Waals surface area contributed by atoms with Crippen molar-refractivity contribution in [1.29, 1.82) is 0 Å². The lowest BCUT2D eigenvalue weighted by Gasteiger charge is -2.28. The van der Waals surface area contributed by atoms with E-state index in [-0.39, 0.29) is 5.91 Å². The van der Waals surface area contributed by atoms with Crippen LogP contribution in [0, 0.1) is 0 Å². The van der Waals surface area contributed by atoms with Crippen LogP contribution in [0.1, 0.15) is 21.5 Å². The van der Waals surface area contributed by atoms with E-state index in [0.29, 0.717) is 42.3 Å². The van der Waals surface area contributed by atoms with Gasteiger partial charge in [0.05, 0.1) is 6.26 Å². The molecule has 154 valence electrons. The number of carbonyl (C=O) groups is 1. The highest BCUT2D eigenvalue weighted by atomic mass is 32.2. The van der Waals surface area contributed by atoms with E-state index < -0.39 is 10.0 Å². The highest BCUT2D eigenvalue weighted by molar-refractivity contribution is 7.88. The Morgan fingerprint density at radius 3 is 2.47 bits per heavy atom. The predicted molar refractivity (Wildman–Crippen MR) is 116 cm³/mol. The number of ether oxygens (including phenoxy) is 1. The highest BCUT2D eigenvalue weighted by Gasteiger charge is 2.25. The monoisotopic (exact) mass is 422 g/mol. The minimum absolute atomic E-state index is 0.243. The summed E-state index contributed by atoms with van der Waals surface area (Å²) in [5, 5.41) is 2.97. The number of hydrogen-bond acceptors (Lipinski definition) is 4. The second-order valence-electron chi connectivity index (χ2n) is 7.19. The number of nitrogens with zero attached hydrogens (tertiary/aromatic N) is 1. The number of nitrogens with one attached hydrogen (secondary N) is 1. The molecule has 1 amide bonds. The largest absolute Gasteiger partial charge is 0.457 e. The SMILES string of the molecule is CS(=O)(=O)N1CCc2c(cccc2NC(=O)c2cccc(Oc3ccccc3)c2)C1. The van der Waals surface area contributed by atoms with E-state index in [1.165, 1.54) is 10.6 Å². The average molecular weight is 423 g/mol. The summed E-state index contributed by atoms with van der Waals surface area (Å²) in [6.07, 6.45) is 1.77. The first-order chi connectivity index (χ1) is 14.4. The van der Waals surface area contributed by atoms with Crippen molar-refractivity contribution in [3.8, 4) is 11.5 Å². The Morgan fingerprint density at radius 2 is 1.70 bits per heavy atom. The smallest absolute Gasteiger partial charge is 0.255 e. The van der Waals surface area contributed by atoms with Gasteiger partial charge in [0.2, 0.25) is 10.0 Å². The molecule has 0 radical (unpaired) electrons. The Morgan fingerprint density at radius 1 is 0.967 bits per heavy atom. The number of para-hydroxylation sites is 1. The van der Waals surface area contributed by atoms with Crippen LogP contribution in [0.5, 0.6) is 11.5 Å². The van der Waals surface area contributed by atoms with Crippen molar-refractivity contribution in [2.75, 3.05) is 18.1 Å². The third-order valence-electron chi connectivity index (χ3n) is 5.02. The van der Waals surface area contributed by atoms with E-state index in [1.54, 1.807) is 24.3 Å². The van der Waals surface area contributed by atoms with Crippen molar-refractivity contribution < 1.29 is 17.9 Å². The quantitative estimate of drug-likeness (QED) is 0.673. The molecule has 0 bridgehead atoms. The van der Waals surface area contributed by atoms with Gasteiger partial charge in [-0.25, -0.2) is 8.42 Å². The molecule has 1 heterocycles. The summed E-state index contributed by atoms with van der Waals surface area (Å²) in [7, 11) is -3.25. The van der Waals surface area contributed by atoms with E-state index in [9.17, 15) is 13.2 Å². The standard InChI is InChI=1S/C23H22N2O4S/c1-30(27,28)25-14-13-21-18(16-25)8-6-12-22(21)24-23(26)17-7-5-11-20(15-17)29-19-9-3-2-4-10-19/h2-12,15H,13-14,16H2,1H3,(H,24,26). The zero-order valence-corrected chi connectivity index (χ0v) is 17.4.